The van der Waals surface area contributed by atoms with E-state index in [1.807, 2.05) is 0 Å². The minimum atomic E-state index is -4.17. The third kappa shape index (κ3) is 10.6. The molecule has 0 aliphatic heterocycles. The van der Waals surface area contributed by atoms with Gasteiger partial charge >= 0.3 is 13.7 Å². The molecule has 2 unspecified atom stereocenters. The van der Waals surface area contributed by atoms with E-state index in [-0.39, 0.29) is 25.7 Å². The lowest BCUT2D eigenvalue weighted by Crippen LogP contribution is -2.36. The lowest BCUT2D eigenvalue weighted by Gasteiger charge is -2.21. The van der Waals surface area contributed by atoms with Crippen LogP contribution in [0.15, 0.2) is 0 Å². The lowest BCUT2D eigenvalue weighted by molar-refractivity contribution is -0.141. The highest BCUT2D eigenvalue weighted by Crippen LogP contribution is 2.37. The van der Waals surface area contributed by atoms with Gasteiger partial charge in [0.1, 0.15) is 6.61 Å². The summed E-state index contributed by atoms with van der Waals surface area (Å²) in [5.74, 6) is -0.221. The molecular formula is C15H29N2O7P. The van der Waals surface area contributed by atoms with E-state index in [9.17, 15) is 19.0 Å². The number of aliphatic hydroxyl groups excluding tert-OH is 1. The Morgan fingerprint density at radius 3 is 2.56 bits per heavy atom. The maximum absolute atomic E-state index is 11.8. The summed E-state index contributed by atoms with van der Waals surface area (Å²) >= 11 is 0. The largest absolute Gasteiger partial charge is 0.464 e. The molecule has 0 bridgehead atoms. The van der Waals surface area contributed by atoms with Gasteiger partial charge in [-0.3, -0.25) is 14.1 Å². The number of ether oxygens (including phenoxy) is 1. The van der Waals surface area contributed by atoms with Gasteiger partial charge in [0.25, 0.3) is 0 Å². The van der Waals surface area contributed by atoms with Crippen LogP contribution in [0, 0.1) is 5.92 Å². The second kappa shape index (κ2) is 11.6. The Balaban J connectivity index is 2.20. The van der Waals surface area contributed by atoms with Crippen LogP contribution in [0.25, 0.3) is 0 Å². The van der Waals surface area contributed by atoms with Gasteiger partial charge < -0.3 is 20.1 Å². The zero-order chi connectivity index (χ0) is 18.7. The van der Waals surface area contributed by atoms with E-state index in [0.717, 1.165) is 12.8 Å². The normalized spacial score (nSPS) is 19.0. The molecule has 1 rings (SSSR count). The van der Waals surface area contributed by atoms with Gasteiger partial charge in [-0.05, 0) is 18.8 Å². The smallest absolute Gasteiger partial charge is 0.403 e. The predicted molar refractivity (Wildman–Crippen MR) is 90.6 cm³/mol. The fraction of sp³-hybridized carbons (Fsp3) is 0.867. The van der Waals surface area contributed by atoms with Crippen LogP contribution in [-0.4, -0.2) is 54.3 Å². The van der Waals surface area contributed by atoms with Gasteiger partial charge in [-0.2, -0.15) is 0 Å². The Kier molecular flexibility index (Phi) is 10.2. The van der Waals surface area contributed by atoms with Gasteiger partial charge in [-0.25, -0.2) is 9.65 Å². The highest BCUT2D eigenvalue weighted by atomic mass is 31.2. The van der Waals surface area contributed by atoms with Gasteiger partial charge in [-0.15, -0.1) is 0 Å². The maximum atomic E-state index is 11.8. The molecule has 0 aromatic heterocycles. The van der Waals surface area contributed by atoms with Crippen molar-refractivity contribution in [3.05, 3.63) is 0 Å². The highest BCUT2D eigenvalue weighted by Gasteiger charge is 2.25. The van der Waals surface area contributed by atoms with Gasteiger partial charge in [0.2, 0.25) is 5.91 Å². The predicted octanol–water partition coefficient (Wildman–Crippen LogP) is 0.704. The molecule has 1 aliphatic carbocycles. The van der Waals surface area contributed by atoms with Crippen molar-refractivity contribution in [1.82, 2.24) is 10.4 Å². The number of nitrogens with one attached hydrogen (secondary N) is 2. The monoisotopic (exact) mass is 380 g/mol. The quantitative estimate of drug-likeness (QED) is 0.234. The van der Waals surface area contributed by atoms with Crippen molar-refractivity contribution in [1.29, 1.82) is 0 Å². The van der Waals surface area contributed by atoms with E-state index in [1.54, 1.807) is 0 Å². The Morgan fingerprint density at radius 1 is 1.28 bits per heavy atom. The molecular weight excluding hydrogens is 351 g/mol. The Bertz CT molecular complexity index is 469. The first-order valence-corrected chi connectivity index (χ1v) is 10.2. The first-order valence-electron chi connectivity index (χ1n) is 8.58. The molecule has 146 valence electrons. The van der Waals surface area contributed by atoms with E-state index in [2.05, 4.69) is 15.1 Å². The summed E-state index contributed by atoms with van der Waals surface area (Å²) in [5.41, 5.74) is 0. The molecule has 0 radical (unpaired) electrons. The van der Waals surface area contributed by atoms with Gasteiger partial charge in [0.05, 0.1) is 19.3 Å². The van der Waals surface area contributed by atoms with Crippen molar-refractivity contribution in [3.63, 3.8) is 0 Å². The third-order valence-corrected chi connectivity index (χ3v) is 5.17. The second-order valence-electron chi connectivity index (χ2n) is 6.22. The Morgan fingerprint density at radius 2 is 1.96 bits per heavy atom. The van der Waals surface area contributed by atoms with Crippen LogP contribution in [0.5, 0.6) is 0 Å². The third-order valence-electron chi connectivity index (χ3n) is 3.94. The SMILES string of the molecule is CC(=O)OCC(CO)NP(=O)(O)OCCNC(=O)CC1CCCCC1. The zero-order valence-corrected chi connectivity index (χ0v) is 15.5. The molecule has 2 atom stereocenters. The Hall–Kier alpha value is -0.990. The summed E-state index contributed by atoms with van der Waals surface area (Å²) in [5, 5.41) is 14.0. The summed E-state index contributed by atoms with van der Waals surface area (Å²) in [6, 6.07) is -0.916. The molecule has 4 N–H and O–H groups in total. The van der Waals surface area contributed by atoms with Crippen LogP contribution < -0.4 is 10.4 Å². The first kappa shape index (κ1) is 22.1. The van der Waals surface area contributed by atoms with Crippen molar-refractivity contribution in [3.8, 4) is 0 Å². The topological polar surface area (TPSA) is 134 Å². The average Bonchev–Trinajstić information content (AvgIpc) is 2.56. The molecule has 0 aromatic rings. The summed E-state index contributed by atoms with van der Waals surface area (Å²) in [4.78, 5) is 32.2. The van der Waals surface area contributed by atoms with Crippen LogP contribution in [0.1, 0.15) is 45.4 Å². The van der Waals surface area contributed by atoms with E-state index >= 15 is 0 Å². The lowest BCUT2D eigenvalue weighted by atomic mass is 9.87. The van der Waals surface area contributed by atoms with E-state index in [0.29, 0.717) is 12.3 Å². The number of amides is 1. The number of rotatable bonds is 11. The second-order valence-corrected chi connectivity index (χ2v) is 7.78. The molecule has 9 nitrogen and oxygen atoms in total. The standard InChI is InChI=1S/C15H29N2O7P/c1-12(19)23-11-14(10-18)17-25(21,22)24-8-7-16-15(20)9-13-5-3-2-4-6-13/h13-14,18H,2-11H2,1H3,(H,16,20)(H2,17,21,22). The number of carbonyl (C=O) groups excluding carboxylic acids is 2. The molecule has 1 saturated carbocycles. The number of aliphatic hydroxyl groups is 1. The van der Waals surface area contributed by atoms with Crippen molar-refractivity contribution in [2.24, 2.45) is 5.92 Å². The van der Waals surface area contributed by atoms with Crippen molar-refractivity contribution < 1.29 is 33.4 Å². The molecule has 1 fully saturated rings. The van der Waals surface area contributed by atoms with Crippen molar-refractivity contribution in [2.45, 2.75) is 51.5 Å². The molecule has 0 aromatic carbocycles. The zero-order valence-electron chi connectivity index (χ0n) is 14.6. The number of carbonyl (C=O) groups is 2. The molecule has 1 aliphatic rings. The Labute approximate surface area is 148 Å². The molecule has 10 heteroatoms. The van der Waals surface area contributed by atoms with Gasteiger partial charge in [0.15, 0.2) is 0 Å². The summed E-state index contributed by atoms with van der Waals surface area (Å²) in [6.07, 6.45) is 6.19. The van der Waals surface area contributed by atoms with E-state index in [4.69, 9.17) is 9.63 Å². The number of esters is 1. The summed E-state index contributed by atoms with van der Waals surface area (Å²) in [6.45, 7) is 0.408. The van der Waals surface area contributed by atoms with Crippen molar-refractivity contribution >= 4 is 19.6 Å². The fourth-order valence-corrected chi connectivity index (χ4v) is 3.73. The number of hydrogen-bond donors (Lipinski definition) is 4. The van der Waals surface area contributed by atoms with Crippen LogP contribution in [0.2, 0.25) is 0 Å². The molecule has 0 heterocycles. The molecule has 0 saturated heterocycles. The highest BCUT2D eigenvalue weighted by molar-refractivity contribution is 7.50. The minimum absolute atomic E-state index is 0.0840. The van der Waals surface area contributed by atoms with Crippen molar-refractivity contribution in [2.75, 3.05) is 26.4 Å². The number of hydrogen-bond acceptors (Lipinski definition) is 6. The first-order chi connectivity index (χ1) is 11.8. The van der Waals surface area contributed by atoms with Gasteiger partial charge in [-0.1, -0.05) is 19.3 Å². The van der Waals surface area contributed by atoms with Gasteiger partial charge in [0, 0.05) is 19.9 Å². The molecule has 0 spiro atoms. The van der Waals surface area contributed by atoms with E-state index < -0.39 is 26.4 Å². The van der Waals surface area contributed by atoms with Crippen LogP contribution in [0.4, 0.5) is 0 Å². The van der Waals surface area contributed by atoms with Crippen LogP contribution in [0.3, 0.4) is 0 Å². The minimum Gasteiger partial charge on any atom is -0.464 e. The summed E-state index contributed by atoms with van der Waals surface area (Å²) < 4.78 is 21.4. The molecule has 1 amide bonds. The van der Waals surface area contributed by atoms with E-state index in [1.165, 1.54) is 26.2 Å². The summed E-state index contributed by atoms with van der Waals surface area (Å²) in [7, 11) is -4.17. The van der Waals surface area contributed by atoms with Crippen LogP contribution >= 0.6 is 7.75 Å². The van der Waals surface area contributed by atoms with Crippen LogP contribution in [-0.2, 0) is 23.4 Å². The fourth-order valence-electron chi connectivity index (χ4n) is 2.70. The molecule has 25 heavy (non-hydrogen) atoms. The average molecular weight is 380 g/mol. The maximum Gasteiger partial charge on any atom is 0.403 e.